The van der Waals surface area contributed by atoms with Gasteiger partial charge in [0.15, 0.2) is 0 Å². The van der Waals surface area contributed by atoms with Crippen molar-refractivity contribution >= 4 is 34.1 Å². The first kappa shape index (κ1) is 23.4. The summed E-state index contributed by atoms with van der Waals surface area (Å²) in [6.45, 7) is 9.80. The van der Waals surface area contributed by atoms with E-state index < -0.39 is 11.8 Å². The van der Waals surface area contributed by atoms with E-state index in [1.165, 1.54) is 23.3 Å². The zero-order valence-electron chi connectivity index (χ0n) is 19.3. The third-order valence-electron chi connectivity index (χ3n) is 6.73. The fourth-order valence-corrected chi connectivity index (χ4v) is 4.89. The van der Waals surface area contributed by atoms with Gasteiger partial charge in [-0.25, -0.2) is 9.18 Å². The third kappa shape index (κ3) is 4.81. The highest BCUT2D eigenvalue weighted by Crippen LogP contribution is 2.46. The Balaban J connectivity index is 1.80. The molecule has 2 aromatic carbocycles. The smallest absolute Gasteiger partial charge is 0.338 e. The summed E-state index contributed by atoms with van der Waals surface area (Å²) in [6.07, 6.45) is 9.78. The Bertz CT molecular complexity index is 1260. The number of fused-ring (bicyclic) bond motifs is 1. The fraction of sp³-hybridized carbons (Fsp3) is 0.333. The zero-order chi connectivity index (χ0) is 24.0. The number of benzene rings is 2. The Kier molecular flexibility index (Phi) is 6.08. The first-order valence-electron chi connectivity index (χ1n) is 11.0. The highest BCUT2D eigenvalue weighted by Gasteiger charge is 2.37. The molecule has 0 atom stereocenters. The van der Waals surface area contributed by atoms with E-state index in [9.17, 15) is 9.18 Å². The minimum atomic E-state index is -1.27. The summed E-state index contributed by atoms with van der Waals surface area (Å²) in [5.41, 5.74) is 5.34. The average Bonchev–Trinajstić information content (AvgIpc) is 3.14. The van der Waals surface area contributed by atoms with Crippen LogP contribution >= 0.6 is 15.9 Å². The molecule has 1 N–H and O–H groups in total. The maximum atomic E-state index is 14.2. The largest absolute Gasteiger partial charge is 0.478 e. The molecule has 0 fully saturated rings. The number of aromatic nitrogens is 2. The molecular formula is C27H28BrFN2O2. The van der Waals surface area contributed by atoms with Crippen molar-refractivity contribution in [2.45, 2.75) is 57.9 Å². The lowest BCUT2D eigenvalue weighted by Crippen LogP contribution is -2.34. The van der Waals surface area contributed by atoms with Crippen molar-refractivity contribution in [2.75, 3.05) is 0 Å². The summed E-state index contributed by atoms with van der Waals surface area (Å²) in [6, 6.07) is 8.76. The number of carboxylic acids is 1. The van der Waals surface area contributed by atoms with E-state index in [1.807, 2.05) is 23.0 Å². The molecule has 0 unspecified atom stereocenters. The summed E-state index contributed by atoms with van der Waals surface area (Å²) in [5.74, 6) is -2.00. The van der Waals surface area contributed by atoms with Gasteiger partial charge in [0.1, 0.15) is 5.82 Å². The molecule has 0 saturated carbocycles. The zero-order valence-corrected chi connectivity index (χ0v) is 20.9. The van der Waals surface area contributed by atoms with Crippen LogP contribution in [0.25, 0.3) is 12.2 Å². The molecule has 6 heteroatoms. The van der Waals surface area contributed by atoms with E-state index in [4.69, 9.17) is 5.11 Å². The maximum Gasteiger partial charge on any atom is 0.338 e. The average molecular weight is 511 g/mol. The lowest BCUT2D eigenvalue weighted by Gasteiger charge is -2.42. The van der Waals surface area contributed by atoms with Gasteiger partial charge in [-0.1, -0.05) is 58.0 Å². The van der Waals surface area contributed by atoms with E-state index >= 15 is 0 Å². The van der Waals surface area contributed by atoms with Gasteiger partial charge in [0.25, 0.3) is 0 Å². The minimum Gasteiger partial charge on any atom is -0.478 e. The van der Waals surface area contributed by atoms with Crippen LogP contribution in [0, 0.1) is 5.82 Å². The normalized spacial score (nSPS) is 16.7. The lowest BCUT2D eigenvalue weighted by molar-refractivity contribution is 0.0692. The summed E-state index contributed by atoms with van der Waals surface area (Å²) >= 11 is 3.47. The minimum absolute atomic E-state index is 0.0654. The van der Waals surface area contributed by atoms with Gasteiger partial charge in [0.05, 0.1) is 22.8 Å². The first-order chi connectivity index (χ1) is 15.5. The van der Waals surface area contributed by atoms with Crippen LogP contribution in [0.2, 0.25) is 0 Å². The summed E-state index contributed by atoms with van der Waals surface area (Å²) < 4.78 is 17.0. The van der Waals surface area contributed by atoms with Crippen molar-refractivity contribution < 1.29 is 14.3 Å². The van der Waals surface area contributed by atoms with Gasteiger partial charge in [-0.3, -0.25) is 4.68 Å². The third-order valence-corrected chi connectivity index (χ3v) is 7.14. The van der Waals surface area contributed by atoms with E-state index in [-0.39, 0.29) is 16.4 Å². The number of carbonyl (C=O) groups is 1. The van der Waals surface area contributed by atoms with Crippen LogP contribution in [0.4, 0.5) is 4.39 Å². The molecule has 0 saturated heterocycles. The Hall–Kier alpha value is -2.73. The van der Waals surface area contributed by atoms with Gasteiger partial charge in [-0.15, -0.1) is 0 Å². The molecule has 0 amide bonds. The van der Waals surface area contributed by atoms with Gasteiger partial charge in [-0.2, -0.15) is 5.10 Å². The Morgan fingerprint density at radius 2 is 1.79 bits per heavy atom. The monoisotopic (exact) mass is 510 g/mol. The van der Waals surface area contributed by atoms with Crippen LogP contribution in [0.3, 0.4) is 0 Å². The van der Waals surface area contributed by atoms with Crippen molar-refractivity contribution in [3.8, 4) is 0 Å². The highest BCUT2D eigenvalue weighted by atomic mass is 79.9. The summed E-state index contributed by atoms with van der Waals surface area (Å²) in [4.78, 5) is 11.1. The standard InChI is InChI=1S/C27H28BrFN2O2/c1-26(2)9-10-27(3,4)23-13-19(15-31-16-20(28)14-30-31)18(12-22(23)26)7-5-17-6-8-21(25(32)33)24(29)11-17/h5-8,11-14,16H,9-10,15H2,1-4H3,(H,32,33)/b7-5+. The SMILES string of the molecule is CC1(C)CCC(C)(C)c2cc(Cn3cc(Br)cn3)c(/C=C/c3ccc(C(=O)O)c(F)c3)cc21. The molecule has 0 spiro atoms. The molecule has 3 aromatic rings. The summed E-state index contributed by atoms with van der Waals surface area (Å²) in [7, 11) is 0. The van der Waals surface area contributed by atoms with Gasteiger partial charge in [-0.05, 0) is 79.6 Å². The highest BCUT2D eigenvalue weighted by molar-refractivity contribution is 9.10. The lowest BCUT2D eigenvalue weighted by atomic mass is 9.62. The Labute approximate surface area is 202 Å². The van der Waals surface area contributed by atoms with E-state index in [1.54, 1.807) is 12.3 Å². The summed E-state index contributed by atoms with van der Waals surface area (Å²) in [5, 5.41) is 13.5. The van der Waals surface area contributed by atoms with Crippen LogP contribution < -0.4 is 0 Å². The predicted molar refractivity (Wildman–Crippen MR) is 133 cm³/mol. The quantitative estimate of drug-likeness (QED) is 0.374. The number of halogens is 2. The molecule has 0 radical (unpaired) electrons. The molecule has 1 aliphatic carbocycles. The predicted octanol–water partition coefficient (Wildman–Crippen LogP) is 7.05. The van der Waals surface area contributed by atoms with Gasteiger partial charge >= 0.3 is 5.97 Å². The van der Waals surface area contributed by atoms with Crippen LogP contribution in [-0.4, -0.2) is 20.9 Å². The molecule has 4 rings (SSSR count). The molecule has 172 valence electrons. The van der Waals surface area contributed by atoms with Crippen molar-refractivity contribution in [1.29, 1.82) is 0 Å². The van der Waals surface area contributed by atoms with Crippen LogP contribution in [-0.2, 0) is 17.4 Å². The molecule has 4 nitrogen and oxygen atoms in total. The number of carboxylic acid groups (broad SMARTS) is 1. The van der Waals surface area contributed by atoms with Gasteiger partial charge < -0.3 is 5.11 Å². The second kappa shape index (κ2) is 8.56. The Morgan fingerprint density at radius 1 is 1.12 bits per heavy atom. The number of nitrogens with zero attached hydrogens (tertiary/aromatic N) is 2. The number of hydrogen-bond donors (Lipinski definition) is 1. The van der Waals surface area contributed by atoms with Crippen molar-refractivity contribution in [3.63, 3.8) is 0 Å². The van der Waals surface area contributed by atoms with Crippen molar-refractivity contribution in [2.24, 2.45) is 0 Å². The molecule has 0 aliphatic heterocycles. The van der Waals surface area contributed by atoms with Crippen molar-refractivity contribution in [3.05, 3.63) is 86.4 Å². The molecule has 1 aliphatic rings. The van der Waals surface area contributed by atoms with Gasteiger partial charge in [0, 0.05) is 6.20 Å². The maximum absolute atomic E-state index is 14.2. The van der Waals surface area contributed by atoms with E-state index in [0.717, 1.165) is 28.4 Å². The number of rotatable bonds is 5. The van der Waals surface area contributed by atoms with Crippen LogP contribution in [0.5, 0.6) is 0 Å². The topological polar surface area (TPSA) is 55.1 Å². The van der Waals surface area contributed by atoms with Crippen LogP contribution in [0.15, 0.2) is 47.2 Å². The molecule has 33 heavy (non-hydrogen) atoms. The second-order valence-electron chi connectivity index (χ2n) is 10.1. The second-order valence-corrected chi connectivity index (χ2v) is 11.0. The van der Waals surface area contributed by atoms with E-state index in [2.05, 4.69) is 60.9 Å². The fourth-order valence-electron chi connectivity index (χ4n) is 4.56. The van der Waals surface area contributed by atoms with Crippen molar-refractivity contribution in [1.82, 2.24) is 9.78 Å². The Morgan fingerprint density at radius 3 is 2.36 bits per heavy atom. The molecular weight excluding hydrogens is 483 g/mol. The number of hydrogen-bond acceptors (Lipinski definition) is 2. The van der Waals surface area contributed by atoms with E-state index in [0.29, 0.717) is 12.1 Å². The van der Waals surface area contributed by atoms with Crippen LogP contribution in [0.1, 0.15) is 78.7 Å². The number of aromatic carboxylic acids is 1. The molecule has 1 heterocycles. The molecule has 0 bridgehead atoms. The first-order valence-corrected chi connectivity index (χ1v) is 11.8. The molecule has 1 aromatic heterocycles. The van der Waals surface area contributed by atoms with Gasteiger partial charge in [0.2, 0.25) is 0 Å².